The number of rotatable bonds is 17. The second kappa shape index (κ2) is 17.0. The highest BCUT2D eigenvalue weighted by molar-refractivity contribution is 6.35. The fraction of sp³-hybridized carbons (Fsp3) is 0.536. The van der Waals surface area contributed by atoms with E-state index in [-0.39, 0.29) is 5.91 Å². The van der Waals surface area contributed by atoms with E-state index in [2.05, 4.69) is 17.6 Å². The van der Waals surface area contributed by atoms with E-state index in [1.54, 1.807) is 0 Å². The Labute approximate surface area is 210 Å². The second-order valence-corrected chi connectivity index (χ2v) is 9.58. The number of benzene rings is 2. The summed E-state index contributed by atoms with van der Waals surface area (Å²) in [6.07, 6.45) is 13.8. The Morgan fingerprint density at radius 2 is 1.33 bits per heavy atom. The van der Waals surface area contributed by atoms with Crippen LogP contribution in [0, 0.1) is 0 Å². The average molecular weight is 492 g/mol. The lowest BCUT2D eigenvalue weighted by Crippen LogP contribution is -2.24. The molecule has 0 aliphatic heterocycles. The number of unbranched alkanes of at least 4 members (excludes halogenated alkanes) is 9. The van der Waals surface area contributed by atoms with Crippen LogP contribution in [0.3, 0.4) is 0 Å². The lowest BCUT2D eigenvalue weighted by atomic mass is 10.1. The van der Waals surface area contributed by atoms with Gasteiger partial charge in [-0.3, -0.25) is 4.79 Å². The van der Waals surface area contributed by atoms with Gasteiger partial charge in [-0.05, 0) is 54.8 Å². The van der Waals surface area contributed by atoms with Crippen LogP contribution < -0.4 is 10.6 Å². The molecule has 2 aromatic rings. The predicted octanol–water partition coefficient (Wildman–Crippen LogP) is 7.98. The van der Waals surface area contributed by atoms with Crippen molar-refractivity contribution in [2.24, 2.45) is 0 Å². The van der Waals surface area contributed by atoms with Gasteiger partial charge in [0.2, 0.25) is 0 Å². The Kier molecular flexibility index (Phi) is 14.2. The Hall–Kier alpha value is -1.55. The molecule has 0 aliphatic rings. The maximum absolute atomic E-state index is 12.3. The predicted molar refractivity (Wildman–Crippen MR) is 142 cm³/mol. The largest absolute Gasteiger partial charge is 0.352 e. The third-order valence-corrected chi connectivity index (χ3v) is 6.68. The first-order valence-electron chi connectivity index (χ1n) is 12.6. The Bertz CT molecular complexity index is 788. The van der Waals surface area contributed by atoms with Gasteiger partial charge in [0, 0.05) is 28.7 Å². The molecule has 0 radical (unpaired) electrons. The minimum Gasteiger partial charge on any atom is -0.352 e. The number of halogens is 2. The smallest absolute Gasteiger partial charge is 0.251 e. The van der Waals surface area contributed by atoms with E-state index in [9.17, 15) is 4.79 Å². The van der Waals surface area contributed by atoms with Crippen LogP contribution in [-0.4, -0.2) is 19.0 Å². The van der Waals surface area contributed by atoms with E-state index in [4.69, 9.17) is 23.2 Å². The van der Waals surface area contributed by atoms with Crippen molar-refractivity contribution in [1.82, 2.24) is 10.6 Å². The minimum absolute atomic E-state index is 0.0128. The van der Waals surface area contributed by atoms with E-state index in [1.165, 1.54) is 57.8 Å². The summed E-state index contributed by atoms with van der Waals surface area (Å²) in [5.41, 5.74) is 2.84. The molecule has 0 saturated heterocycles. The molecule has 1 amide bonds. The summed E-state index contributed by atoms with van der Waals surface area (Å²) in [5, 5.41) is 7.87. The zero-order valence-electron chi connectivity index (χ0n) is 20.1. The van der Waals surface area contributed by atoms with Gasteiger partial charge in [-0.2, -0.15) is 0 Å². The number of nitrogens with one attached hydrogen (secondary N) is 2. The van der Waals surface area contributed by atoms with Crippen LogP contribution in [0.25, 0.3) is 0 Å². The van der Waals surface area contributed by atoms with Gasteiger partial charge in [0.25, 0.3) is 5.91 Å². The molecular weight excluding hydrogens is 451 g/mol. The molecule has 0 aromatic heterocycles. The first-order valence-corrected chi connectivity index (χ1v) is 13.4. The maximum atomic E-state index is 12.3. The lowest BCUT2D eigenvalue weighted by molar-refractivity contribution is 0.0953. The van der Waals surface area contributed by atoms with Crippen LogP contribution >= 0.6 is 23.2 Å². The summed E-state index contributed by atoms with van der Waals surface area (Å²) in [6, 6.07) is 13.4. The molecule has 0 spiro atoms. The van der Waals surface area contributed by atoms with E-state index < -0.39 is 0 Å². The molecule has 33 heavy (non-hydrogen) atoms. The molecule has 0 bridgehead atoms. The van der Waals surface area contributed by atoms with Gasteiger partial charge in [-0.15, -0.1) is 0 Å². The minimum atomic E-state index is 0.0128. The van der Waals surface area contributed by atoms with Gasteiger partial charge in [-0.1, -0.05) is 106 Å². The molecule has 0 aliphatic carbocycles. The topological polar surface area (TPSA) is 41.1 Å². The zero-order valence-corrected chi connectivity index (χ0v) is 21.6. The molecule has 2 rings (SSSR count). The molecule has 3 nitrogen and oxygen atoms in total. The van der Waals surface area contributed by atoms with Gasteiger partial charge in [0.15, 0.2) is 0 Å². The second-order valence-electron chi connectivity index (χ2n) is 8.76. The number of hydrogen-bond donors (Lipinski definition) is 2. The summed E-state index contributed by atoms with van der Waals surface area (Å²) >= 11 is 12.4. The molecule has 0 saturated carbocycles. The summed E-state index contributed by atoms with van der Waals surface area (Å²) in [5.74, 6) is 0.0128. The van der Waals surface area contributed by atoms with Crippen LogP contribution in [0.2, 0.25) is 10.0 Å². The Balaban J connectivity index is 1.54. The van der Waals surface area contributed by atoms with E-state index in [0.29, 0.717) is 15.6 Å². The first-order chi connectivity index (χ1) is 16.1. The van der Waals surface area contributed by atoms with Crippen molar-refractivity contribution < 1.29 is 4.79 Å². The fourth-order valence-corrected chi connectivity index (χ4v) is 4.49. The van der Waals surface area contributed by atoms with Crippen LogP contribution in [0.4, 0.5) is 0 Å². The van der Waals surface area contributed by atoms with E-state index >= 15 is 0 Å². The molecule has 0 atom stereocenters. The van der Waals surface area contributed by atoms with Crippen LogP contribution in [-0.2, 0) is 13.0 Å². The number of hydrogen-bond acceptors (Lipinski definition) is 2. The van der Waals surface area contributed by atoms with Crippen LogP contribution in [0.1, 0.15) is 92.6 Å². The number of carbonyl (C=O) groups excluding carboxylic acids is 1. The summed E-state index contributed by atoms with van der Waals surface area (Å²) in [7, 11) is 0. The molecule has 0 heterocycles. The Morgan fingerprint density at radius 1 is 0.758 bits per heavy atom. The van der Waals surface area contributed by atoms with Crippen molar-refractivity contribution >= 4 is 29.1 Å². The SMILES string of the molecule is CCCCCCCCCCCCNC(=O)c1ccc(CNCCc2c(Cl)cccc2Cl)cc1. The van der Waals surface area contributed by atoms with Crippen molar-refractivity contribution in [3.63, 3.8) is 0 Å². The summed E-state index contributed by atoms with van der Waals surface area (Å²) in [6.45, 7) is 4.53. The third kappa shape index (κ3) is 11.4. The van der Waals surface area contributed by atoms with Crippen molar-refractivity contribution in [3.05, 3.63) is 69.2 Å². The standard InChI is InChI=1S/C28H40Cl2N2O/c1-2-3-4-5-6-7-8-9-10-11-20-32-28(33)24-17-15-23(16-18-24)22-31-21-19-25-26(29)13-12-14-27(25)30/h12-18,31H,2-11,19-22H2,1H3,(H,32,33). The summed E-state index contributed by atoms with van der Waals surface area (Å²) in [4.78, 5) is 12.3. The number of carbonyl (C=O) groups is 1. The van der Waals surface area contributed by atoms with Gasteiger partial charge in [0.1, 0.15) is 0 Å². The lowest BCUT2D eigenvalue weighted by Gasteiger charge is -2.09. The molecule has 2 aromatic carbocycles. The van der Waals surface area contributed by atoms with E-state index in [0.717, 1.165) is 43.6 Å². The van der Waals surface area contributed by atoms with Gasteiger partial charge in [0.05, 0.1) is 0 Å². The Morgan fingerprint density at radius 3 is 1.94 bits per heavy atom. The maximum Gasteiger partial charge on any atom is 0.251 e. The quantitative estimate of drug-likeness (QED) is 0.220. The highest BCUT2D eigenvalue weighted by atomic mass is 35.5. The zero-order chi connectivity index (χ0) is 23.7. The van der Waals surface area contributed by atoms with Gasteiger partial charge >= 0.3 is 0 Å². The number of amides is 1. The molecule has 5 heteroatoms. The van der Waals surface area contributed by atoms with Gasteiger partial charge in [-0.25, -0.2) is 0 Å². The van der Waals surface area contributed by atoms with Crippen LogP contribution in [0.5, 0.6) is 0 Å². The average Bonchev–Trinajstić information content (AvgIpc) is 2.82. The van der Waals surface area contributed by atoms with Crippen molar-refractivity contribution in [1.29, 1.82) is 0 Å². The molecular formula is C28H40Cl2N2O. The van der Waals surface area contributed by atoms with Gasteiger partial charge < -0.3 is 10.6 Å². The normalized spacial score (nSPS) is 11.0. The van der Waals surface area contributed by atoms with E-state index in [1.807, 2.05) is 42.5 Å². The fourth-order valence-electron chi connectivity index (χ4n) is 3.91. The third-order valence-electron chi connectivity index (χ3n) is 5.97. The molecule has 2 N–H and O–H groups in total. The highest BCUT2D eigenvalue weighted by Crippen LogP contribution is 2.24. The molecule has 0 fully saturated rings. The summed E-state index contributed by atoms with van der Waals surface area (Å²) < 4.78 is 0. The highest BCUT2D eigenvalue weighted by Gasteiger charge is 2.06. The van der Waals surface area contributed by atoms with Crippen molar-refractivity contribution in [2.45, 2.75) is 84.1 Å². The molecule has 0 unspecified atom stereocenters. The van der Waals surface area contributed by atoms with Crippen molar-refractivity contribution in [3.8, 4) is 0 Å². The van der Waals surface area contributed by atoms with Crippen molar-refractivity contribution in [2.75, 3.05) is 13.1 Å². The monoisotopic (exact) mass is 490 g/mol. The van der Waals surface area contributed by atoms with Crippen LogP contribution in [0.15, 0.2) is 42.5 Å². The first kappa shape index (κ1) is 27.7. The molecule has 182 valence electrons.